The van der Waals surface area contributed by atoms with Crippen molar-refractivity contribution in [1.82, 2.24) is 41.6 Å². The van der Waals surface area contributed by atoms with Crippen LogP contribution < -0.4 is 26.0 Å². The Morgan fingerprint density at radius 3 is 2.17 bits per heavy atom. The van der Waals surface area contributed by atoms with Gasteiger partial charge in [0.2, 0.25) is 17.7 Å². The van der Waals surface area contributed by atoms with E-state index in [0.717, 1.165) is 35.0 Å². The highest BCUT2D eigenvalue weighted by Crippen LogP contribution is 2.25. The normalized spacial score (nSPS) is 13.0. The molecule has 16 nitrogen and oxygen atoms in total. The lowest BCUT2D eigenvalue weighted by atomic mass is 10.0. The maximum Gasteiger partial charge on any atom is 0.573 e. The predicted octanol–water partition coefficient (Wildman–Crippen LogP) is 4.44. The van der Waals surface area contributed by atoms with Crippen LogP contribution in [-0.2, 0) is 32.0 Å². The first-order chi connectivity index (χ1) is 27.7. The van der Waals surface area contributed by atoms with Crippen LogP contribution in [0.25, 0.3) is 21.7 Å². The van der Waals surface area contributed by atoms with Gasteiger partial charge in [-0.2, -0.15) is 5.21 Å². The van der Waals surface area contributed by atoms with Crippen LogP contribution in [0.2, 0.25) is 5.02 Å². The van der Waals surface area contributed by atoms with Gasteiger partial charge in [-0.3, -0.25) is 24.0 Å². The lowest BCUT2D eigenvalue weighted by Crippen LogP contribution is -2.57. The van der Waals surface area contributed by atoms with Crippen LogP contribution in [0.3, 0.4) is 0 Å². The number of hydrogen-bond acceptors (Lipinski definition) is 9. The number of benzene rings is 4. The summed E-state index contributed by atoms with van der Waals surface area (Å²) in [5.41, 5.74) is 1.43. The van der Waals surface area contributed by atoms with Gasteiger partial charge in [0.15, 0.2) is 5.82 Å². The lowest BCUT2D eigenvalue weighted by molar-refractivity contribution is -0.274. The molecule has 2 aromatic heterocycles. The van der Waals surface area contributed by atoms with Gasteiger partial charge in [0.05, 0.1) is 0 Å². The fraction of sp³-hybridized carbons (Fsp3) is 0.211. The molecule has 7 N–H and O–H groups in total. The summed E-state index contributed by atoms with van der Waals surface area (Å²) in [6.45, 7) is 0. The molecular weight excluding hydrogens is 787 g/mol. The molecule has 4 aromatic carbocycles. The van der Waals surface area contributed by atoms with Crippen LogP contribution in [0, 0.1) is 0 Å². The zero-order chi connectivity index (χ0) is 41.4. The minimum atomic E-state index is -4.95. The van der Waals surface area contributed by atoms with Crippen molar-refractivity contribution in [3.05, 3.63) is 113 Å². The summed E-state index contributed by atoms with van der Waals surface area (Å²) in [5.74, 6) is -5.18. The summed E-state index contributed by atoms with van der Waals surface area (Å²) < 4.78 is 41.7. The highest BCUT2D eigenvalue weighted by Gasteiger charge is 2.33. The SMILES string of the molecule is O=C(O)CC[C@H](NC(=O)[C@H](Cc1nn[nH]n1)NC(=O)[C@H](Cc1ccc2ccccc2c1)NC(=O)c1cc2cc(Cl)ccc2[nH]1)C(=O)Nc1ccc(OC(F)(F)F)cc1. The maximum atomic E-state index is 14.2. The van der Waals surface area contributed by atoms with E-state index >= 15 is 0 Å². The Bertz CT molecular complexity index is 2440. The number of carboxylic acid groups (broad SMARTS) is 1. The summed E-state index contributed by atoms with van der Waals surface area (Å²) in [5, 5.41) is 36.0. The van der Waals surface area contributed by atoms with Gasteiger partial charge in [0.1, 0.15) is 29.6 Å². The Kier molecular flexibility index (Phi) is 12.5. The molecule has 20 heteroatoms. The van der Waals surface area contributed by atoms with Crippen LogP contribution >= 0.6 is 11.6 Å². The Morgan fingerprint density at radius 2 is 1.48 bits per heavy atom. The average molecular weight is 820 g/mol. The molecule has 0 saturated heterocycles. The number of fused-ring (bicyclic) bond motifs is 2. The molecule has 0 bridgehead atoms. The Balaban J connectivity index is 1.24. The number of tetrazole rings is 1. The number of alkyl halides is 3. The number of carbonyl (C=O) groups excluding carboxylic acids is 4. The van der Waals surface area contributed by atoms with Crippen LogP contribution in [0.4, 0.5) is 18.9 Å². The molecule has 0 aliphatic carbocycles. The maximum absolute atomic E-state index is 14.2. The highest BCUT2D eigenvalue weighted by molar-refractivity contribution is 6.31. The molecule has 0 aliphatic rings. The quantitative estimate of drug-likeness (QED) is 0.0725. The van der Waals surface area contributed by atoms with Crippen molar-refractivity contribution in [3.8, 4) is 5.75 Å². The van der Waals surface area contributed by atoms with Crippen molar-refractivity contribution in [2.24, 2.45) is 0 Å². The molecule has 6 aromatic rings. The summed E-state index contributed by atoms with van der Waals surface area (Å²) in [7, 11) is 0. The van der Waals surface area contributed by atoms with Gasteiger partial charge in [0, 0.05) is 40.9 Å². The van der Waals surface area contributed by atoms with Crippen molar-refractivity contribution in [1.29, 1.82) is 0 Å². The van der Waals surface area contributed by atoms with Gasteiger partial charge in [-0.1, -0.05) is 59.3 Å². The van der Waals surface area contributed by atoms with Crippen LogP contribution in [0.1, 0.15) is 34.7 Å². The second kappa shape index (κ2) is 17.8. The first kappa shape index (κ1) is 40.6. The molecule has 58 heavy (non-hydrogen) atoms. The van der Waals surface area contributed by atoms with Crippen LogP contribution in [-0.4, -0.2) is 84.8 Å². The van der Waals surface area contributed by atoms with Gasteiger partial charge in [0.25, 0.3) is 5.91 Å². The van der Waals surface area contributed by atoms with Gasteiger partial charge in [-0.05, 0) is 71.3 Å². The van der Waals surface area contributed by atoms with Crippen molar-refractivity contribution in [2.45, 2.75) is 50.2 Å². The second-order valence-electron chi connectivity index (χ2n) is 13.0. The van der Waals surface area contributed by atoms with Gasteiger partial charge in [-0.25, -0.2) is 0 Å². The zero-order valence-electron chi connectivity index (χ0n) is 30.0. The number of amides is 4. The number of halogens is 4. The van der Waals surface area contributed by atoms with E-state index in [-0.39, 0.29) is 30.0 Å². The number of aliphatic carboxylic acids is 1. The van der Waals surface area contributed by atoms with E-state index < -0.39 is 72.7 Å². The first-order valence-electron chi connectivity index (χ1n) is 17.5. The zero-order valence-corrected chi connectivity index (χ0v) is 30.7. The molecule has 0 radical (unpaired) electrons. The number of hydrogen-bond donors (Lipinski definition) is 7. The molecule has 0 spiro atoms. The van der Waals surface area contributed by atoms with E-state index in [4.69, 9.17) is 11.6 Å². The first-order valence-corrected chi connectivity index (χ1v) is 17.9. The van der Waals surface area contributed by atoms with E-state index in [1.165, 1.54) is 0 Å². The smallest absolute Gasteiger partial charge is 0.481 e. The number of rotatable bonds is 16. The number of aromatic amines is 2. The number of carboxylic acids is 1. The average Bonchev–Trinajstić information content (AvgIpc) is 3.86. The Labute approximate surface area is 330 Å². The monoisotopic (exact) mass is 819 g/mol. The van der Waals surface area contributed by atoms with Crippen LogP contribution in [0.15, 0.2) is 91.0 Å². The van der Waals surface area contributed by atoms with Gasteiger partial charge < -0.3 is 36.1 Å². The summed E-state index contributed by atoms with van der Waals surface area (Å²) >= 11 is 6.13. The largest absolute Gasteiger partial charge is 0.573 e. The van der Waals surface area contributed by atoms with Crippen molar-refractivity contribution in [2.75, 3.05) is 5.32 Å². The molecule has 0 aliphatic heterocycles. The topological polar surface area (TPSA) is 233 Å². The van der Waals surface area contributed by atoms with E-state index in [1.807, 2.05) is 36.4 Å². The number of ether oxygens (including phenoxy) is 1. The summed E-state index contributed by atoms with van der Waals surface area (Å²) in [6.07, 6.45) is -6.32. The fourth-order valence-electron chi connectivity index (χ4n) is 5.98. The molecular formula is C38H33ClF3N9O7. The van der Waals surface area contributed by atoms with Crippen molar-refractivity contribution >= 4 is 68.6 Å². The predicted molar refractivity (Wildman–Crippen MR) is 203 cm³/mol. The molecule has 3 atom stereocenters. The third kappa shape index (κ3) is 11.1. The number of H-pyrrole nitrogens is 2. The van der Waals surface area contributed by atoms with E-state index in [0.29, 0.717) is 21.5 Å². The standard InChI is InChI=1S/C38H33ClF3N9O7/c39-24-7-12-27-23(17-24)18-30(44-27)36(56)46-29(16-20-5-6-21-3-1-2-4-22(21)15-20)35(55)47-31(19-32-48-50-51-49-32)37(57)45-28(13-14-33(52)53)34(54)43-25-8-10-26(11-9-25)58-38(40,41)42/h1-12,15,17-18,28-29,31,44H,13-14,16,19H2,(H,43,54)(H,45,57)(H,46,56)(H,47,55)(H,52,53)(H,48,49,50,51)/t28-,29-,31-/m0/s1. The van der Waals surface area contributed by atoms with Crippen LogP contribution in [0.5, 0.6) is 5.75 Å². The van der Waals surface area contributed by atoms with E-state index in [2.05, 4.69) is 51.6 Å². The van der Waals surface area contributed by atoms with Crippen molar-refractivity contribution in [3.63, 3.8) is 0 Å². The Morgan fingerprint density at radius 1 is 0.776 bits per heavy atom. The number of aromatic nitrogens is 5. The lowest BCUT2D eigenvalue weighted by Gasteiger charge is -2.25. The number of nitrogens with zero attached hydrogens (tertiary/aromatic N) is 3. The molecule has 6 rings (SSSR count). The second-order valence-corrected chi connectivity index (χ2v) is 13.4. The number of anilines is 1. The molecule has 0 unspecified atom stereocenters. The summed E-state index contributed by atoms with van der Waals surface area (Å²) in [6, 6.07) is 19.5. The summed E-state index contributed by atoms with van der Waals surface area (Å²) in [4.78, 5) is 69.6. The van der Waals surface area contributed by atoms with Gasteiger partial charge >= 0.3 is 12.3 Å². The number of carbonyl (C=O) groups is 5. The van der Waals surface area contributed by atoms with Crippen molar-refractivity contribution < 1.29 is 47.0 Å². The minimum Gasteiger partial charge on any atom is -0.481 e. The third-order valence-corrected chi connectivity index (χ3v) is 8.98. The minimum absolute atomic E-state index is 0.0103. The molecule has 0 saturated carbocycles. The molecule has 4 amide bonds. The van der Waals surface area contributed by atoms with E-state index in [1.54, 1.807) is 30.3 Å². The highest BCUT2D eigenvalue weighted by atomic mass is 35.5. The fourth-order valence-corrected chi connectivity index (χ4v) is 6.16. The Hall–Kier alpha value is -7.02. The third-order valence-electron chi connectivity index (χ3n) is 8.75. The molecule has 300 valence electrons. The van der Waals surface area contributed by atoms with E-state index in [9.17, 15) is 42.3 Å². The number of nitrogens with one attached hydrogen (secondary N) is 6. The van der Waals surface area contributed by atoms with Gasteiger partial charge in [-0.15, -0.1) is 23.4 Å². The molecule has 0 fully saturated rings. The molecule has 2 heterocycles.